The van der Waals surface area contributed by atoms with Crippen molar-refractivity contribution in [3.8, 4) is 0 Å². The van der Waals surface area contributed by atoms with Gasteiger partial charge in [-0.25, -0.2) is 0 Å². The quantitative estimate of drug-likeness (QED) is 0.450. The van der Waals surface area contributed by atoms with Crippen molar-refractivity contribution in [2.75, 3.05) is 46.4 Å². The van der Waals surface area contributed by atoms with Crippen LogP contribution in [0.25, 0.3) is 0 Å². The number of benzene rings is 1. The van der Waals surface area contributed by atoms with Gasteiger partial charge in [0.25, 0.3) is 5.91 Å². The van der Waals surface area contributed by atoms with E-state index < -0.39 is 0 Å². The lowest BCUT2D eigenvalue weighted by atomic mass is 10.1. The fourth-order valence-electron chi connectivity index (χ4n) is 3.37. The van der Waals surface area contributed by atoms with E-state index >= 15 is 0 Å². The van der Waals surface area contributed by atoms with Crippen LogP contribution in [-0.4, -0.2) is 75.4 Å². The molecule has 8 heteroatoms. The number of morpholine rings is 1. The highest BCUT2D eigenvalue weighted by atomic mass is 35.5. The van der Waals surface area contributed by atoms with Crippen LogP contribution in [-0.2, 0) is 9.47 Å². The van der Waals surface area contributed by atoms with Gasteiger partial charge in [0.2, 0.25) is 0 Å². The molecule has 1 amide bonds. The predicted molar refractivity (Wildman–Crippen MR) is 105 cm³/mol. The fourth-order valence-corrected chi connectivity index (χ4v) is 3.50. The molecule has 2 saturated heterocycles. The van der Waals surface area contributed by atoms with Gasteiger partial charge < -0.3 is 25.0 Å². The first kappa shape index (κ1) is 19.9. The smallest absolute Gasteiger partial charge is 0.251 e. The standard InChI is InChI=1S/C19H27ClN4O3/c1-21-19(24-10-12-27-17(13-24)16-3-2-11-26-16)23-9-8-22-18(25)14-4-6-15(20)7-5-14/h4-7,16-17H,2-3,8-13H2,1H3,(H,21,23)(H,22,25). The van der Waals surface area contributed by atoms with Crippen molar-refractivity contribution >= 4 is 23.5 Å². The molecule has 0 radical (unpaired) electrons. The molecule has 2 fully saturated rings. The highest BCUT2D eigenvalue weighted by Gasteiger charge is 2.32. The zero-order valence-electron chi connectivity index (χ0n) is 15.6. The van der Waals surface area contributed by atoms with Crippen LogP contribution in [0.15, 0.2) is 29.3 Å². The second-order valence-electron chi connectivity index (χ2n) is 6.64. The molecule has 0 aromatic heterocycles. The van der Waals surface area contributed by atoms with Gasteiger partial charge in [-0.05, 0) is 37.1 Å². The molecule has 3 rings (SSSR count). The minimum absolute atomic E-state index is 0.0874. The maximum Gasteiger partial charge on any atom is 0.251 e. The fraction of sp³-hybridized carbons (Fsp3) is 0.579. The van der Waals surface area contributed by atoms with Gasteiger partial charge in [-0.1, -0.05) is 11.6 Å². The molecule has 2 aliphatic heterocycles. The molecule has 0 bridgehead atoms. The van der Waals surface area contributed by atoms with E-state index in [-0.39, 0.29) is 18.1 Å². The molecule has 2 N–H and O–H groups in total. The molecule has 148 valence electrons. The van der Waals surface area contributed by atoms with Gasteiger partial charge in [-0.2, -0.15) is 0 Å². The Bertz CT molecular complexity index is 647. The zero-order valence-corrected chi connectivity index (χ0v) is 16.4. The van der Waals surface area contributed by atoms with Gasteiger partial charge in [0.15, 0.2) is 5.96 Å². The molecule has 1 aromatic carbocycles. The second-order valence-corrected chi connectivity index (χ2v) is 7.08. The number of hydrogen-bond donors (Lipinski definition) is 2. The van der Waals surface area contributed by atoms with Gasteiger partial charge >= 0.3 is 0 Å². The molecule has 0 aliphatic carbocycles. The third kappa shape index (κ3) is 5.57. The van der Waals surface area contributed by atoms with Crippen LogP contribution in [0, 0.1) is 0 Å². The number of halogens is 1. The summed E-state index contributed by atoms with van der Waals surface area (Å²) in [5.41, 5.74) is 0.594. The number of amides is 1. The average Bonchev–Trinajstić information content (AvgIpc) is 3.23. The third-order valence-corrected chi connectivity index (χ3v) is 5.04. The van der Waals surface area contributed by atoms with E-state index in [1.165, 1.54) is 0 Å². The zero-order chi connectivity index (χ0) is 19.1. The summed E-state index contributed by atoms with van der Waals surface area (Å²) in [6.07, 6.45) is 2.43. The summed E-state index contributed by atoms with van der Waals surface area (Å²) in [5, 5.41) is 6.82. The number of rotatable bonds is 5. The van der Waals surface area contributed by atoms with Gasteiger partial charge in [0, 0.05) is 50.4 Å². The number of guanidine groups is 1. The number of nitrogens with one attached hydrogen (secondary N) is 2. The van der Waals surface area contributed by atoms with E-state index in [1.54, 1.807) is 31.3 Å². The van der Waals surface area contributed by atoms with E-state index in [0.717, 1.165) is 38.5 Å². The summed E-state index contributed by atoms with van der Waals surface area (Å²) in [6, 6.07) is 6.84. The third-order valence-electron chi connectivity index (χ3n) is 4.78. The highest BCUT2D eigenvalue weighted by molar-refractivity contribution is 6.30. The number of carbonyl (C=O) groups excluding carboxylic acids is 1. The first-order valence-corrected chi connectivity index (χ1v) is 9.78. The van der Waals surface area contributed by atoms with Crippen LogP contribution in [0.5, 0.6) is 0 Å². The van der Waals surface area contributed by atoms with Crippen LogP contribution in [0.1, 0.15) is 23.2 Å². The van der Waals surface area contributed by atoms with E-state index in [2.05, 4.69) is 20.5 Å². The van der Waals surface area contributed by atoms with Crippen molar-refractivity contribution in [2.45, 2.75) is 25.0 Å². The first-order chi connectivity index (χ1) is 13.2. The average molecular weight is 395 g/mol. The summed E-state index contributed by atoms with van der Waals surface area (Å²) in [6.45, 7) is 4.14. The van der Waals surface area contributed by atoms with Crippen molar-refractivity contribution < 1.29 is 14.3 Å². The van der Waals surface area contributed by atoms with Crippen molar-refractivity contribution in [2.24, 2.45) is 4.99 Å². The lowest BCUT2D eigenvalue weighted by molar-refractivity contribution is -0.0816. The topological polar surface area (TPSA) is 75.2 Å². The summed E-state index contributed by atoms with van der Waals surface area (Å²) in [4.78, 5) is 18.7. The lowest BCUT2D eigenvalue weighted by Gasteiger charge is -2.37. The van der Waals surface area contributed by atoms with Crippen molar-refractivity contribution in [1.29, 1.82) is 0 Å². The van der Waals surface area contributed by atoms with Crippen LogP contribution >= 0.6 is 11.6 Å². The van der Waals surface area contributed by atoms with E-state index in [4.69, 9.17) is 21.1 Å². The summed E-state index contributed by atoms with van der Waals surface area (Å²) < 4.78 is 11.6. The molecule has 2 atom stereocenters. The number of aliphatic imine (C=N–C) groups is 1. The van der Waals surface area contributed by atoms with E-state index in [9.17, 15) is 4.79 Å². The molecule has 2 unspecified atom stereocenters. The Kier molecular flexibility index (Phi) is 7.32. The second kappa shape index (κ2) is 9.92. The Hall–Kier alpha value is -1.83. The molecule has 7 nitrogen and oxygen atoms in total. The van der Waals surface area contributed by atoms with Gasteiger partial charge in [-0.15, -0.1) is 0 Å². The number of carbonyl (C=O) groups is 1. The number of ether oxygens (including phenoxy) is 2. The highest BCUT2D eigenvalue weighted by Crippen LogP contribution is 2.21. The van der Waals surface area contributed by atoms with Crippen molar-refractivity contribution in [1.82, 2.24) is 15.5 Å². The maximum atomic E-state index is 12.1. The van der Waals surface area contributed by atoms with Crippen LogP contribution < -0.4 is 10.6 Å². The molecule has 2 heterocycles. The van der Waals surface area contributed by atoms with Crippen LogP contribution in [0.4, 0.5) is 0 Å². The summed E-state index contributed by atoms with van der Waals surface area (Å²) in [5.74, 6) is 0.704. The SMILES string of the molecule is CN=C(NCCNC(=O)c1ccc(Cl)cc1)N1CCOC(C2CCCO2)C1. The monoisotopic (exact) mass is 394 g/mol. The number of nitrogens with zero attached hydrogens (tertiary/aromatic N) is 2. The molecule has 1 aromatic rings. The molecule has 0 spiro atoms. The molecule has 0 saturated carbocycles. The van der Waals surface area contributed by atoms with Gasteiger partial charge in [-0.3, -0.25) is 9.79 Å². The first-order valence-electron chi connectivity index (χ1n) is 9.40. The molecule has 2 aliphatic rings. The summed E-state index contributed by atoms with van der Waals surface area (Å²) >= 11 is 5.84. The Morgan fingerprint density at radius 2 is 1.93 bits per heavy atom. The largest absolute Gasteiger partial charge is 0.375 e. The van der Waals surface area contributed by atoms with E-state index in [1.807, 2.05) is 0 Å². The Balaban J connectivity index is 1.42. The predicted octanol–water partition coefficient (Wildman–Crippen LogP) is 1.52. The lowest BCUT2D eigenvalue weighted by Crippen LogP contribution is -2.54. The Morgan fingerprint density at radius 1 is 1.19 bits per heavy atom. The Morgan fingerprint density at radius 3 is 2.63 bits per heavy atom. The van der Waals surface area contributed by atoms with Crippen molar-refractivity contribution in [3.05, 3.63) is 34.9 Å². The normalized spacial score (nSPS) is 23.3. The van der Waals surface area contributed by atoms with Crippen LogP contribution in [0.2, 0.25) is 5.02 Å². The molecule has 27 heavy (non-hydrogen) atoms. The maximum absolute atomic E-state index is 12.1. The van der Waals surface area contributed by atoms with Gasteiger partial charge in [0.1, 0.15) is 6.10 Å². The summed E-state index contributed by atoms with van der Waals surface area (Å²) in [7, 11) is 1.77. The van der Waals surface area contributed by atoms with Crippen LogP contribution in [0.3, 0.4) is 0 Å². The minimum Gasteiger partial charge on any atom is -0.375 e. The van der Waals surface area contributed by atoms with Gasteiger partial charge in [0.05, 0.1) is 12.7 Å². The molecular weight excluding hydrogens is 368 g/mol. The number of hydrogen-bond acceptors (Lipinski definition) is 4. The Labute approximate surface area is 165 Å². The van der Waals surface area contributed by atoms with E-state index in [0.29, 0.717) is 30.3 Å². The molecular formula is C19H27ClN4O3. The van der Waals surface area contributed by atoms with Crippen molar-refractivity contribution in [3.63, 3.8) is 0 Å². The minimum atomic E-state index is -0.117.